The van der Waals surface area contributed by atoms with Crippen LogP contribution >= 0.6 is 0 Å². The summed E-state index contributed by atoms with van der Waals surface area (Å²) in [5.41, 5.74) is 7.42. The van der Waals surface area contributed by atoms with Crippen molar-refractivity contribution in [2.45, 2.75) is 6.42 Å². The largest absolute Gasteiger partial charge is 0.439 e. The smallest absolute Gasteiger partial charge is 0.219 e. The molecule has 0 saturated heterocycles. The van der Waals surface area contributed by atoms with E-state index in [1.165, 1.54) is 5.56 Å². The van der Waals surface area contributed by atoms with Crippen molar-refractivity contribution in [1.29, 1.82) is 0 Å². The van der Waals surface area contributed by atoms with Gasteiger partial charge in [0.2, 0.25) is 5.88 Å². The molecule has 2 aromatic rings. The SMILES string of the molecule is C#Cc1ccc(Oc2ccc(CCN)cc2)nc1. The lowest BCUT2D eigenvalue weighted by atomic mass is 10.1. The molecule has 2 rings (SSSR count). The van der Waals surface area contributed by atoms with Crippen molar-refractivity contribution in [3.63, 3.8) is 0 Å². The molecule has 2 N–H and O–H groups in total. The zero-order valence-electron chi connectivity index (χ0n) is 9.97. The van der Waals surface area contributed by atoms with E-state index in [9.17, 15) is 0 Å². The number of hydrogen-bond acceptors (Lipinski definition) is 3. The highest BCUT2D eigenvalue weighted by molar-refractivity contribution is 5.34. The van der Waals surface area contributed by atoms with Crippen molar-refractivity contribution >= 4 is 0 Å². The molecular weight excluding hydrogens is 224 g/mol. The Balaban J connectivity index is 2.06. The highest BCUT2D eigenvalue weighted by atomic mass is 16.5. The molecule has 1 aromatic heterocycles. The number of nitrogens with zero attached hydrogens (tertiary/aromatic N) is 1. The van der Waals surface area contributed by atoms with E-state index >= 15 is 0 Å². The van der Waals surface area contributed by atoms with E-state index in [2.05, 4.69) is 10.9 Å². The van der Waals surface area contributed by atoms with Gasteiger partial charge < -0.3 is 10.5 Å². The average molecular weight is 238 g/mol. The molecule has 0 aliphatic carbocycles. The third-order valence-electron chi connectivity index (χ3n) is 2.48. The number of rotatable bonds is 4. The molecule has 3 nitrogen and oxygen atoms in total. The Morgan fingerprint density at radius 2 is 1.94 bits per heavy atom. The van der Waals surface area contributed by atoms with Crippen molar-refractivity contribution in [2.24, 2.45) is 5.73 Å². The Labute approximate surface area is 107 Å². The standard InChI is InChI=1S/C15H14N2O/c1-2-12-5-8-15(17-11-12)18-14-6-3-13(4-7-14)9-10-16/h1,3-8,11H,9-10,16H2. The fourth-order valence-electron chi connectivity index (χ4n) is 1.54. The summed E-state index contributed by atoms with van der Waals surface area (Å²) >= 11 is 0. The van der Waals surface area contributed by atoms with Crippen molar-refractivity contribution < 1.29 is 4.74 Å². The highest BCUT2D eigenvalue weighted by Gasteiger charge is 1.99. The molecule has 1 heterocycles. The molecule has 0 amide bonds. The third-order valence-corrected chi connectivity index (χ3v) is 2.48. The number of hydrogen-bond donors (Lipinski definition) is 1. The highest BCUT2D eigenvalue weighted by Crippen LogP contribution is 2.19. The minimum absolute atomic E-state index is 0.528. The van der Waals surface area contributed by atoms with Gasteiger partial charge in [-0.15, -0.1) is 6.42 Å². The molecule has 0 aliphatic rings. The van der Waals surface area contributed by atoms with Crippen LogP contribution in [0.3, 0.4) is 0 Å². The van der Waals surface area contributed by atoms with E-state index in [1.807, 2.05) is 24.3 Å². The van der Waals surface area contributed by atoms with Gasteiger partial charge in [0, 0.05) is 17.8 Å². The molecule has 18 heavy (non-hydrogen) atoms. The van der Waals surface area contributed by atoms with Gasteiger partial charge in [-0.2, -0.15) is 0 Å². The number of benzene rings is 1. The topological polar surface area (TPSA) is 48.1 Å². The molecule has 90 valence electrons. The predicted molar refractivity (Wildman–Crippen MR) is 71.4 cm³/mol. The van der Waals surface area contributed by atoms with Crippen LogP contribution in [0.2, 0.25) is 0 Å². The van der Waals surface area contributed by atoms with E-state index in [-0.39, 0.29) is 0 Å². The Bertz CT molecular complexity index is 538. The van der Waals surface area contributed by atoms with Crippen molar-refractivity contribution in [2.75, 3.05) is 6.54 Å². The fourth-order valence-corrected chi connectivity index (χ4v) is 1.54. The number of terminal acetylenes is 1. The molecule has 0 bridgehead atoms. The first-order chi connectivity index (χ1) is 8.81. The Morgan fingerprint density at radius 1 is 1.17 bits per heavy atom. The average Bonchev–Trinajstić information content (AvgIpc) is 2.42. The Kier molecular flexibility index (Phi) is 3.95. The lowest BCUT2D eigenvalue weighted by molar-refractivity contribution is 0.462. The molecule has 0 atom stereocenters. The first kappa shape index (κ1) is 12.2. The van der Waals surface area contributed by atoms with Gasteiger partial charge >= 0.3 is 0 Å². The summed E-state index contributed by atoms with van der Waals surface area (Å²) in [6, 6.07) is 11.4. The van der Waals surface area contributed by atoms with E-state index in [0.29, 0.717) is 12.4 Å². The van der Waals surface area contributed by atoms with Crippen LogP contribution in [-0.4, -0.2) is 11.5 Å². The van der Waals surface area contributed by atoms with Crippen LogP contribution < -0.4 is 10.5 Å². The third kappa shape index (κ3) is 3.09. The summed E-state index contributed by atoms with van der Waals surface area (Å²) < 4.78 is 5.60. The molecule has 3 heteroatoms. The Hall–Kier alpha value is -2.31. The minimum atomic E-state index is 0.528. The van der Waals surface area contributed by atoms with Crippen LogP contribution in [0.25, 0.3) is 0 Å². The quantitative estimate of drug-likeness (QED) is 0.832. The van der Waals surface area contributed by atoms with Crippen LogP contribution in [0, 0.1) is 12.3 Å². The van der Waals surface area contributed by atoms with Gasteiger partial charge in [0.25, 0.3) is 0 Å². The molecule has 0 fully saturated rings. The second kappa shape index (κ2) is 5.85. The Morgan fingerprint density at radius 3 is 2.50 bits per heavy atom. The summed E-state index contributed by atoms with van der Waals surface area (Å²) in [6.45, 7) is 0.648. The van der Waals surface area contributed by atoms with Crippen LogP contribution in [0.15, 0.2) is 42.6 Å². The van der Waals surface area contributed by atoms with E-state index in [1.54, 1.807) is 18.3 Å². The van der Waals surface area contributed by atoms with Gasteiger partial charge in [-0.25, -0.2) is 4.98 Å². The first-order valence-electron chi connectivity index (χ1n) is 5.71. The van der Waals surface area contributed by atoms with Crippen molar-refractivity contribution in [3.8, 4) is 24.0 Å². The number of nitrogens with two attached hydrogens (primary N) is 1. The minimum Gasteiger partial charge on any atom is -0.439 e. The number of aromatic nitrogens is 1. The molecular formula is C15H14N2O. The van der Waals surface area contributed by atoms with Crippen molar-refractivity contribution in [1.82, 2.24) is 4.98 Å². The first-order valence-corrected chi connectivity index (χ1v) is 5.71. The van der Waals surface area contributed by atoms with Gasteiger partial charge in [0.05, 0.1) is 0 Å². The summed E-state index contributed by atoms with van der Waals surface area (Å²) in [7, 11) is 0. The second-order valence-corrected chi connectivity index (χ2v) is 3.81. The lowest BCUT2D eigenvalue weighted by Gasteiger charge is -2.05. The summed E-state index contributed by atoms with van der Waals surface area (Å²) in [6.07, 6.45) is 7.74. The van der Waals surface area contributed by atoms with E-state index in [0.717, 1.165) is 17.7 Å². The van der Waals surface area contributed by atoms with E-state index < -0.39 is 0 Å². The molecule has 0 unspecified atom stereocenters. The van der Waals surface area contributed by atoms with Gasteiger partial charge in [-0.3, -0.25) is 0 Å². The molecule has 0 radical (unpaired) electrons. The number of ether oxygens (including phenoxy) is 1. The van der Waals surface area contributed by atoms with Gasteiger partial charge in [-0.05, 0) is 36.7 Å². The maximum atomic E-state index is 5.60. The molecule has 0 aliphatic heterocycles. The summed E-state index contributed by atoms with van der Waals surface area (Å²) in [4.78, 5) is 4.12. The van der Waals surface area contributed by atoms with Crippen LogP contribution in [0.1, 0.15) is 11.1 Å². The van der Waals surface area contributed by atoms with Gasteiger partial charge in [0.1, 0.15) is 5.75 Å². The zero-order valence-corrected chi connectivity index (χ0v) is 9.97. The van der Waals surface area contributed by atoms with Crippen molar-refractivity contribution in [3.05, 3.63) is 53.7 Å². The second-order valence-electron chi connectivity index (χ2n) is 3.81. The van der Waals surface area contributed by atoms with Crippen LogP contribution in [0.5, 0.6) is 11.6 Å². The normalized spacial score (nSPS) is 9.78. The maximum absolute atomic E-state index is 5.60. The van der Waals surface area contributed by atoms with Gasteiger partial charge in [-0.1, -0.05) is 18.1 Å². The molecule has 0 saturated carbocycles. The summed E-state index contributed by atoms with van der Waals surface area (Å²) in [5.74, 6) is 3.78. The summed E-state index contributed by atoms with van der Waals surface area (Å²) in [5, 5.41) is 0. The van der Waals surface area contributed by atoms with Gasteiger partial charge in [0.15, 0.2) is 0 Å². The van der Waals surface area contributed by atoms with Crippen LogP contribution in [0.4, 0.5) is 0 Å². The fraction of sp³-hybridized carbons (Fsp3) is 0.133. The number of pyridine rings is 1. The monoisotopic (exact) mass is 238 g/mol. The molecule has 1 aromatic carbocycles. The van der Waals surface area contributed by atoms with E-state index in [4.69, 9.17) is 16.9 Å². The lowest BCUT2D eigenvalue weighted by Crippen LogP contribution is -2.02. The zero-order chi connectivity index (χ0) is 12.8. The molecule has 0 spiro atoms. The van der Waals surface area contributed by atoms with Crippen LogP contribution in [-0.2, 0) is 6.42 Å². The predicted octanol–water partition coefficient (Wildman–Crippen LogP) is 2.36. The maximum Gasteiger partial charge on any atom is 0.219 e.